The van der Waals surface area contributed by atoms with Gasteiger partial charge in [0.25, 0.3) is 12.0 Å². The van der Waals surface area contributed by atoms with E-state index in [1.165, 1.54) is 15.6 Å². The van der Waals surface area contributed by atoms with Crippen LogP contribution in [0, 0.1) is 5.41 Å². The molecule has 6 rings (SSSR count). The average molecular weight is 592 g/mol. The molecule has 3 aromatic heterocycles. The fraction of sp³-hybridized carbons (Fsp3) is 0.387. The number of aryl methyl sites for hydroxylation is 1. The molecule has 0 unspecified atom stereocenters. The van der Waals surface area contributed by atoms with Crippen molar-refractivity contribution in [3.8, 4) is 0 Å². The summed E-state index contributed by atoms with van der Waals surface area (Å²) in [6.07, 6.45) is 3.46. The molecule has 0 amide bonds. The van der Waals surface area contributed by atoms with E-state index in [0.717, 1.165) is 21.9 Å². The van der Waals surface area contributed by atoms with Gasteiger partial charge in [0.05, 0.1) is 16.2 Å². The summed E-state index contributed by atoms with van der Waals surface area (Å²) in [6, 6.07) is 11.4. The van der Waals surface area contributed by atoms with Crippen LogP contribution < -0.4 is 10.9 Å². The Kier molecular flexibility index (Phi) is 7.00. The third kappa shape index (κ3) is 5.12. The standard InChI is InChI=1S/C31H32ClF2N7O/c1-30(2,3)16-35-27-23-13-18(14-24(32)26(23)36-17-37-27)12-22(25-15-41(39-38-25)31(9-10-31)29(33)34)19-6-5-7-21-20(19)8-11-40(4)28(21)42/h5-8,11,13-15,17,22,29H,9-10,12,16H2,1-4H3,(H,35,36,37)/t22-/m0/s1. The molecular weight excluding hydrogens is 560 g/mol. The quantitative estimate of drug-likeness (QED) is 0.227. The van der Waals surface area contributed by atoms with Crippen LogP contribution >= 0.6 is 11.6 Å². The average Bonchev–Trinajstić information content (AvgIpc) is 3.62. The molecule has 1 atom stereocenters. The van der Waals surface area contributed by atoms with Gasteiger partial charge in [-0.1, -0.05) is 49.7 Å². The van der Waals surface area contributed by atoms with E-state index in [1.807, 2.05) is 30.3 Å². The number of hydrogen-bond donors (Lipinski definition) is 1. The Morgan fingerprint density at radius 1 is 1.10 bits per heavy atom. The molecule has 11 heteroatoms. The molecule has 218 valence electrons. The Balaban J connectivity index is 1.48. The van der Waals surface area contributed by atoms with Crippen molar-refractivity contribution < 1.29 is 8.78 Å². The SMILES string of the molecule is Cn1ccc2c([C@H](Cc3cc(Cl)c4ncnc(NCC(C)(C)C)c4c3)c3cn(C4(C(F)F)CC4)nn3)cccc2c1=O. The van der Waals surface area contributed by atoms with Crippen LogP contribution in [0.15, 0.2) is 59.9 Å². The van der Waals surface area contributed by atoms with Crippen molar-refractivity contribution in [1.82, 2.24) is 29.5 Å². The largest absolute Gasteiger partial charge is 0.369 e. The second-order valence-electron chi connectivity index (χ2n) is 12.4. The number of nitrogens with one attached hydrogen (secondary N) is 1. The van der Waals surface area contributed by atoms with Crippen molar-refractivity contribution in [2.45, 2.75) is 57.9 Å². The molecule has 0 aliphatic heterocycles. The molecule has 0 saturated heterocycles. The normalized spacial score (nSPS) is 15.4. The summed E-state index contributed by atoms with van der Waals surface area (Å²) in [6.45, 7) is 7.11. The van der Waals surface area contributed by atoms with E-state index in [-0.39, 0.29) is 11.0 Å². The van der Waals surface area contributed by atoms with Gasteiger partial charge in [-0.2, -0.15) is 0 Å². The lowest BCUT2D eigenvalue weighted by molar-refractivity contribution is 0.0593. The first-order valence-corrected chi connectivity index (χ1v) is 14.3. The first-order valence-electron chi connectivity index (χ1n) is 13.9. The van der Waals surface area contributed by atoms with Gasteiger partial charge in [-0.15, -0.1) is 5.10 Å². The summed E-state index contributed by atoms with van der Waals surface area (Å²) in [5.41, 5.74) is 1.52. The number of hydrogen-bond acceptors (Lipinski definition) is 6. The van der Waals surface area contributed by atoms with Crippen LogP contribution in [-0.4, -0.2) is 42.5 Å². The van der Waals surface area contributed by atoms with Crippen molar-refractivity contribution in [2.75, 3.05) is 11.9 Å². The maximum absolute atomic E-state index is 13.9. The predicted octanol–water partition coefficient (Wildman–Crippen LogP) is 6.31. The zero-order chi connectivity index (χ0) is 29.8. The summed E-state index contributed by atoms with van der Waals surface area (Å²) in [5, 5.41) is 14.6. The van der Waals surface area contributed by atoms with Crippen LogP contribution in [-0.2, 0) is 19.0 Å². The molecule has 8 nitrogen and oxygen atoms in total. The first-order chi connectivity index (χ1) is 20.0. The first kappa shape index (κ1) is 28.2. The summed E-state index contributed by atoms with van der Waals surface area (Å²) in [5.74, 6) is 0.287. The zero-order valence-electron chi connectivity index (χ0n) is 23.9. The smallest absolute Gasteiger partial charge is 0.263 e. The van der Waals surface area contributed by atoms with E-state index in [2.05, 4.69) is 46.4 Å². The maximum Gasteiger partial charge on any atom is 0.263 e. The summed E-state index contributed by atoms with van der Waals surface area (Å²) >= 11 is 6.76. The van der Waals surface area contributed by atoms with Crippen LogP contribution in [0.25, 0.3) is 21.7 Å². The van der Waals surface area contributed by atoms with Gasteiger partial charge in [0.15, 0.2) is 0 Å². The number of alkyl halides is 2. The molecule has 0 bridgehead atoms. The van der Waals surface area contributed by atoms with E-state index in [4.69, 9.17) is 11.6 Å². The Bertz CT molecular complexity index is 1860. The molecule has 1 fully saturated rings. The molecule has 2 aromatic carbocycles. The van der Waals surface area contributed by atoms with E-state index in [9.17, 15) is 13.6 Å². The van der Waals surface area contributed by atoms with Crippen molar-refractivity contribution in [3.05, 3.63) is 87.3 Å². The molecule has 0 radical (unpaired) electrons. The molecule has 42 heavy (non-hydrogen) atoms. The van der Waals surface area contributed by atoms with Crippen LogP contribution in [0.2, 0.25) is 5.02 Å². The van der Waals surface area contributed by atoms with Gasteiger partial charge in [0.1, 0.15) is 17.7 Å². The number of anilines is 1. The topological polar surface area (TPSA) is 90.5 Å². The minimum absolute atomic E-state index is 0.0260. The molecule has 1 saturated carbocycles. The van der Waals surface area contributed by atoms with E-state index < -0.39 is 17.9 Å². The zero-order valence-corrected chi connectivity index (χ0v) is 24.7. The summed E-state index contributed by atoms with van der Waals surface area (Å²) < 4.78 is 30.7. The van der Waals surface area contributed by atoms with Crippen molar-refractivity contribution in [1.29, 1.82) is 0 Å². The van der Waals surface area contributed by atoms with E-state index >= 15 is 0 Å². The maximum atomic E-state index is 13.9. The number of aromatic nitrogens is 6. The highest BCUT2D eigenvalue weighted by Gasteiger charge is 2.54. The summed E-state index contributed by atoms with van der Waals surface area (Å²) in [7, 11) is 1.71. The molecule has 1 aliphatic rings. The van der Waals surface area contributed by atoms with Gasteiger partial charge in [-0.05, 0) is 65.5 Å². The Morgan fingerprint density at radius 2 is 1.88 bits per heavy atom. The van der Waals surface area contributed by atoms with Crippen LogP contribution in [0.4, 0.5) is 14.6 Å². The monoisotopic (exact) mass is 591 g/mol. The van der Waals surface area contributed by atoms with Crippen molar-refractivity contribution in [3.63, 3.8) is 0 Å². The van der Waals surface area contributed by atoms with Gasteiger partial charge in [0, 0.05) is 42.7 Å². The molecular formula is C31H32ClF2N7O. The van der Waals surface area contributed by atoms with Gasteiger partial charge in [-0.3, -0.25) is 4.79 Å². The second-order valence-corrected chi connectivity index (χ2v) is 12.8. The lowest BCUT2D eigenvalue weighted by Crippen LogP contribution is -2.26. The highest BCUT2D eigenvalue weighted by atomic mass is 35.5. The van der Waals surface area contributed by atoms with Gasteiger partial charge < -0.3 is 9.88 Å². The number of halogens is 3. The van der Waals surface area contributed by atoms with Crippen LogP contribution in [0.5, 0.6) is 0 Å². The number of nitrogens with zero attached hydrogens (tertiary/aromatic N) is 6. The molecule has 5 aromatic rings. The highest BCUT2D eigenvalue weighted by molar-refractivity contribution is 6.35. The Labute approximate surface area is 246 Å². The highest BCUT2D eigenvalue weighted by Crippen LogP contribution is 2.48. The minimum atomic E-state index is -2.54. The lowest BCUT2D eigenvalue weighted by atomic mass is 9.86. The van der Waals surface area contributed by atoms with Gasteiger partial charge in [0.2, 0.25) is 0 Å². The predicted molar refractivity (Wildman–Crippen MR) is 160 cm³/mol. The van der Waals surface area contributed by atoms with Gasteiger partial charge >= 0.3 is 0 Å². The molecule has 1 aliphatic carbocycles. The molecule has 1 N–H and O–H groups in total. The number of pyridine rings is 1. The second kappa shape index (κ2) is 10.4. The third-order valence-corrected chi connectivity index (χ3v) is 8.29. The minimum Gasteiger partial charge on any atom is -0.369 e. The summed E-state index contributed by atoms with van der Waals surface area (Å²) in [4.78, 5) is 21.9. The number of fused-ring (bicyclic) bond motifs is 2. The number of rotatable bonds is 8. The van der Waals surface area contributed by atoms with Crippen LogP contribution in [0.1, 0.15) is 56.4 Å². The van der Waals surface area contributed by atoms with E-state index in [0.29, 0.717) is 53.2 Å². The number of benzene rings is 2. The fourth-order valence-corrected chi connectivity index (χ4v) is 5.72. The van der Waals surface area contributed by atoms with Gasteiger partial charge in [-0.25, -0.2) is 23.4 Å². The van der Waals surface area contributed by atoms with Crippen LogP contribution in [0.3, 0.4) is 0 Å². The van der Waals surface area contributed by atoms with Crippen molar-refractivity contribution in [2.24, 2.45) is 12.5 Å². The van der Waals surface area contributed by atoms with Crippen molar-refractivity contribution >= 4 is 39.1 Å². The Morgan fingerprint density at radius 3 is 2.60 bits per heavy atom. The lowest BCUT2D eigenvalue weighted by Gasteiger charge is -2.21. The molecule has 0 spiro atoms. The third-order valence-electron chi connectivity index (χ3n) is 8.00. The Hall–Kier alpha value is -3.92. The van der Waals surface area contributed by atoms with E-state index in [1.54, 1.807) is 25.5 Å². The fourth-order valence-electron chi connectivity index (χ4n) is 5.43. The molecule has 3 heterocycles.